The van der Waals surface area contributed by atoms with E-state index in [1.54, 1.807) is 14.2 Å². The third-order valence-corrected chi connectivity index (χ3v) is 8.34. The summed E-state index contributed by atoms with van der Waals surface area (Å²) in [6, 6.07) is 4.39. The summed E-state index contributed by atoms with van der Waals surface area (Å²) in [6.45, 7) is 4.21. The lowest BCUT2D eigenvalue weighted by Gasteiger charge is -2.54. The first-order chi connectivity index (χ1) is 14.5. The average molecular weight is 412 g/mol. The van der Waals surface area contributed by atoms with Gasteiger partial charge < -0.3 is 24.3 Å². The Morgan fingerprint density at radius 2 is 2.03 bits per heavy atom. The SMILES string of the molecule is CC[C@@]12CC(C(=O)OC)=C3Nc4cc(OC)c(OC)cc4[C@@]34CCN(C[C@@H]3O[C@@H]31)[C@@H]24. The van der Waals surface area contributed by atoms with Crippen molar-refractivity contribution in [2.24, 2.45) is 5.41 Å². The van der Waals surface area contributed by atoms with Gasteiger partial charge in [-0.05, 0) is 37.4 Å². The second kappa shape index (κ2) is 5.92. The van der Waals surface area contributed by atoms with E-state index >= 15 is 0 Å². The zero-order valence-electron chi connectivity index (χ0n) is 17.9. The van der Waals surface area contributed by atoms with Gasteiger partial charge in [0.15, 0.2) is 11.5 Å². The van der Waals surface area contributed by atoms with E-state index in [2.05, 4.69) is 23.2 Å². The molecule has 0 amide bonds. The lowest BCUT2D eigenvalue weighted by Crippen LogP contribution is -2.63. The Morgan fingerprint density at radius 3 is 2.73 bits per heavy atom. The standard InChI is InChI=1S/C23H28N2O5/c1-5-22-10-12(20(26)29-4)18-23(6-7-25(21(22)23)11-17-19(22)30-17)13-8-15(27-2)16(28-3)9-14(13)24-18/h8-9,17,19,21,24H,5-7,10-11H2,1-4H3/t17-,19-,21-,22+,23-/m0/s1. The van der Waals surface area contributed by atoms with Gasteiger partial charge in [0.1, 0.15) is 0 Å². The minimum absolute atomic E-state index is 0.0944. The molecule has 0 unspecified atom stereocenters. The van der Waals surface area contributed by atoms with E-state index in [9.17, 15) is 4.79 Å². The molecule has 5 aliphatic rings. The molecule has 7 heteroatoms. The van der Waals surface area contributed by atoms with Crippen molar-refractivity contribution >= 4 is 11.7 Å². The Balaban J connectivity index is 1.64. The molecule has 5 atom stereocenters. The maximum Gasteiger partial charge on any atom is 0.335 e. The van der Waals surface area contributed by atoms with Gasteiger partial charge in [-0.2, -0.15) is 0 Å². The number of ether oxygens (including phenoxy) is 4. The number of carbonyl (C=O) groups excluding carboxylic acids is 1. The highest BCUT2D eigenvalue weighted by atomic mass is 16.6. The van der Waals surface area contributed by atoms with Crippen LogP contribution in [-0.2, 0) is 19.7 Å². The summed E-state index contributed by atoms with van der Waals surface area (Å²) < 4.78 is 22.7. The van der Waals surface area contributed by atoms with Gasteiger partial charge in [0.05, 0.1) is 44.5 Å². The molecule has 0 radical (unpaired) electrons. The van der Waals surface area contributed by atoms with E-state index in [4.69, 9.17) is 18.9 Å². The van der Waals surface area contributed by atoms with Crippen LogP contribution in [0.4, 0.5) is 5.69 Å². The van der Waals surface area contributed by atoms with Crippen molar-refractivity contribution in [3.05, 3.63) is 29.0 Å². The van der Waals surface area contributed by atoms with Crippen molar-refractivity contribution in [1.29, 1.82) is 0 Å². The highest BCUT2D eigenvalue weighted by molar-refractivity contribution is 5.93. The minimum atomic E-state index is -0.288. The Bertz CT molecular complexity index is 990. The number of methoxy groups -OCH3 is 3. The van der Waals surface area contributed by atoms with Crippen molar-refractivity contribution in [3.8, 4) is 11.5 Å². The van der Waals surface area contributed by atoms with Crippen molar-refractivity contribution in [1.82, 2.24) is 4.90 Å². The molecule has 4 heterocycles. The number of epoxide rings is 1. The van der Waals surface area contributed by atoms with Gasteiger partial charge in [0.2, 0.25) is 0 Å². The number of benzene rings is 1. The van der Waals surface area contributed by atoms with Crippen LogP contribution in [0, 0.1) is 5.41 Å². The van der Waals surface area contributed by atoms with Crippen LogP contribution in [-0.4, -0.2) is 63.5 Å². The summed E-state index contributed by atoms with van der Waals surface area (Å²) in [5, 5.41) is 3.62. The molecule has 1 aromatic rings. The van der Waals surface area contributed by atoms with Gasteiger partial charge in [0.25, 0.3) is 0 Å². The number of nitrogens with zero attached hydrogens (tertiary/aromatic N) is 1. The highest BCUT2D eigenvalue weighted by Crippen LogP contribution is 2.68. The highest BCUT2D eigenvalue weighted by Gasteiger charge is 2.73. The molecule has 6 rings (SSSR count). The topological polar surface area (TPSA) is 72.6 Å². The molecule has 3 fully saturated rings. The lowest BCUT2D eigenvalue weighted by molar-refractivity contribution is -0.137. The molecule has 0 bridgehead atoms. The predicted molar refractivity (Wildman–Crippen MR) is 110 cm³/mol. The second-order valence-electron chi connectivity index (χ2n) is 9.20. The number of hydrogen-bond acceptors (Lipinski definition) is 7. The molecule has 0 aromatic heterocycles. The van der Waals surface area contributed by atoms with Crippen LogP contribution < -0.4 is 14.8 Å². The third-order valence-electron chi connectivity index (χ3n) is 8.34. The second-order valence-corrected chi connectivity index (χ2v) is 9.20. The zero-order valence-corrected chi connectivity index (χ0v) is 17.9. The summed E-state index contributed by atoms with van der Waals surface area (Å²) in [4.78, 5) is 15.6. The Morgan fingerprint density at radius 1 is 1.27 bits per heavy atom. The summed E-state index contributed by atoms with van der Waals surface area (Å²) in [5.41, 5.74) is 3.59. The van der Waals surface area contributed by atoms with Crippen LogP contribution in [0.2, 0.25) is 0 Å². The molecular formula is C23H28N2O5. The summed E-state index contributed by atoms with van der Waals surface area (Å²) in [5.74, 6) is 1.16. The summed E-state index contributed by atoms with van der Waals surface area (Å²) >= 11 is 0. The average Bonchev–Trinajstić information content (AvgIpc) is 3.37. The van der Waals surface area contributed by atoms with E-state index < -0.39 is 0 Å². The van der Waals surface area contributed by atoms with Gasteiger partial charge in [-0.25, -0.2) is 4.79 Å². The van der Waals surface area contributed by atoms with Crippen LogP contribution in [0.3, 0.4) is 0 Å². The number of hydrogen-bond donors (Lipinski definition) is 1. The quantitative estimate of drug-likeness (QED) is 0.602. The molecule has 0 saturated carbocycles. The predicted octanol–water partition coefficient (Wildman–Crippen LogP) is 2.45. The van der Waals surface area contributed by atoms with Crippen molar-refractivity contribution in [3.63, 3.8) is 0 Å². The Kier molecular flexibility index (Phi) is 3.65. The molecule has 1 aromatic carbocycles. The van der Waals surface area contributed by atoms with Crippen LogP contribution in [0.5, 0.6) is 11.5 Å². The number of piperidine rings is 1. The van der Waals surface area contributed by atoms with Gasteiger partial charge in [-0.15, -0.1) is 0 Å². The van der Waals surface area contributed by atoms with Crippen LogP contribution in [0.25, 0.3) is 0 Å². The van der Waals surface area contributed by atoms with Crippen LogP contribution in [0.1, 0.15) is 31.7 Å². The monoisotopic (exact) mass is 412 g/mol. The first kappa shape index (κ1) is 18.5. The van der Waals surface area contributed by atoms with E-state index in [1.807, 2.05) is 6.07 Å². The molecular weight excluding hydrogens is 384 g/mol. The Hall–Kier alpha value is -2.25. The van der Waals surface area contributed by atoms with Gasteiger partial charge >= 0.3 is 5.97 Å². The van der Waals surface area contributed by atoms with Crippen molar-refractivity contribution < 1.29 is 23.7 Å². The molecule has 1 N–H and O–H groups in total. The number of esters is 1. The first-order valence-corrected chi connectivity index (χ1v) is 10.8. The smallest absolute Gasteiger partial charge is 0.335 e. The summed E-state index contributed by atoms with van der Waals surface area (Å²) in [7, 11) is 4.79. The molecule has 3 saturated heterocycles. The number of fused-ring (bicyclic) bond motifs is 3. The molecule has 1 spiro atoms. The van der Waals surface area contributed by atoms with E-state index in [0.29, 0.717) is 12.2 Å². The van der Waals surface area contributed by atoms with Gasteiger partial charge in [-0.3, -0.25) is 4.90 Å². The first-order valence-electron chi connectivity index (χ1n) is 10.8. The van der Waals surface area contributed by atoms with Crippen LogP contribution in [0.15, 0.2) is 23.4 Å². The molecule has 30 heavy (non-hydrogen) atoms. The normalized spacial score (nSPS) is 37.5. The Labute approximate surface area is 176 Å². The maximum absolute atomic E-state index is 13.0. The lowest BCUT2D eigenvalue weighted by atomic mass is 9.53. The van der Waals surface area contributed by atoms with Crippen LogP contribution >= 0.6 is 0 Å². The molecule has 1 aliphatic carbocycles. The largest absolute Gasteiger partial charge is 0.493 e. The summed E-state index contributed by atoms with van der Waals surface area (Å²) in [6.07, 6.45) is 3.11. The fraction of sp³-hybridized carbons (Fsp3) is 0.609. The number of carbonyl (C=O) groups is 1. The number of anilines is 1. The van der Waals surface area contributed by atoms with Crippen molar-refractivity contribution in [2.45, 2.75) is 49.9 Å². The zero-order chi connectivity index (χ0) is 20.8. The van der Waals surface area contributed by atoms with E-state index in [0.717, 1.165) is 48.6 Å². The molecule has 4 aliphatic heterocycles. The molecule has 7 nitrogen and oxygen atoms in total. The number of rotatable bonds is 4. The maximum atomic E-state index is 13.0. The van der Waals surface area contributed by atoms with E-state index in [1.165, 1.54) is 12.7 Å². The minimum Gasteiger partial charge on any atom is -0.493 e. The number of nitrogens with one attached hydrogen (secondary N) is 1. The fourth-order valence-corrected chi connectivity index (χ4v) is 7.18. The van der Waals surface area contributed by atoms with Crippen molar-refractivity contribution in [2.75, 3.05) is 39.7 Å². The third kappa shape index (κ3) is 1.96. The van der Waals surface area contributed by atoms with E-state index in [-0.39, 0.29) is 35.0 Å². The fourth-order valence-electron chi connectivity index (χ4n) is 7.18. The van der Waals surface area contributed by atoms with Gasteiger partial charge in [-0.1, -0.05) is 6.92 Å². The molecule has 160 valence electrons. The van der Waals surface area contributed by atoms with Gasteiger partial charge in [0, 0.05) is 35.5 Å².